The first-order valence-corrected chi connectivity index (χ1v) is 9.80. The van der Waals surface area contributed by atoms with Crippen LogP contribution < -0.4 is 4.72 Å². The van der Waals surface area contributed by atoms with Crippen LogP contribution >= 0.6 is 15.9 Å². The van der Waals surface area contributed by atoms with Crippen molar-refractivity contribution in [3.05, 3.63) is 64.1 Å². The van der Waals surface area contributed by atoms with E-state index in [1.54, 1.807) is 25.1 Å². The number of hydrogen-bond acceptors (Lipinski definition) is 3. The molecule has 0 bridgehead atoms. The Hall–Kier alpha value is -1.66. The van der Waals surface area contributed by atoms with E-state index in [2.05, 4.69) is 25.6 Å². The van der Waals surface area contributed by atoms with E-state index in [0.29, 0.717) is 17.0 Å². The Morgan fingerprint density at radius 3 is 2.17 bits per heavy atom. The van der Waals surface area contributed by atoms with Gasteiger partial charge in [-0.05, 0) is 51.5 Å². The van der Waals surface area contributed by atoms with Crippen LogP contribution in [0.4, 0.5) is 0 Å². The van der Waals surface area contributed by atoms with Crippen LogP contribution in [0.25, 0.3) is 0 Å². The molecule has 128 valence electrons. The average molecular weight is 409 g/mol. The minimum absolute atomic E-state index is 0.253. The molecule has 1 N–H and O–H groups in total. The number of benzene rings is 2. The van der Waals surface area contributed by atoms with Crippen LogP contribution in [-0.2, 0) is 10.0 Å². The Bertz CT molecular complexity index is 851. The molecule has 0 aliphatic rings. The van der Waals surface area contributed by atoms with E-state index in [0.717, 1.165) is 4.47 Å². The lowest BCUT2D eigenvalue weighted by molar-refractivity contribution is 0.578. The van der Waals surface area contributed by atoms with Gasteiger partial charge in [0.05, 0.1) is 10.4 Å². The van der Waals surface area contributed by atoms with E-state index >= 15 is 0 Å². The van der Waals surface area contributed by atoms with E-state index in [1.165, 1.54) is 0 Å². The van der Waals surface area contributed by atoms with Crippen LogP contribution in [0.3, 0.4) is 0 Å². The first kappa shape index (κ1) is 18.7. The summed E-state index contributed by atoms with van der Waals surface area (Å²) in [4.78, 5) is 4.81. The molecule has 0 spiro atoms. The second-order valence-corrected chi connectivity index (χ2v) is 9.08. The SMILES string of the molecule is Cc1ccccc1S(=O)(=O)NC(=NC(C)(C)C)c1ccc(Br)cc1. The lowest BCUT2D eigenvalue weighted by atomic mass is 10.1. The molecule has 0 atom stereocenters. The summed E-state index contributed by atoms with van der Waals surface area (Å²) in [5, 5.41) is 0. The summed E-state index contributed by atoms with van der Waals surface area (Å²) >= 11 is 3.39. The fourth-order valence-corrected chi connectivity index (χ4v) is 3.67. The van der Waals surface area contributed by atoms with Gasteiger partial charge in [0.1, 0.15) is 5.84 Å². The summed E-state index contributed by atoms with van der Waals surface area (Å²) in [5.74, 6) is 0.332. The Labute approximate surface area is 152 Å². The first-order chi connectivity index (χ1) is 11.1. The van der Waals surface area contributed by atoms with Crippen LogP contribution in [0.2, 0.25) is 0 Å². The Kier molecular flexibility index (Phi) is 5.50. The van der Waals surface area contributed by atoms with Crippen molar-refractivity contribution in [1.29, 1.82) is 0 Å². The molecular formula is C18H21BrN2O2S. The monoisotopic (exact) mass is 408 g/mol. The quantitative estimate of drug-likeness (QED) is 0.608. The maximum atomic E-state index is 12.8. The average Bonchev–Trinajstić information content (AvgIpc) is 2.46. The molecule has 0 saturated heterocycles. The normalized spacial score (nSPS) is 13.0. The van der Waals surface area contributed by atoms with Crippen LogP contribution in [0, 0.1) is 6.92 Å². The van der Waals surface area contributed by atoms with Gasteiger partial charge in [-0.1, -0.05) is 46.3 Å². The summed E-state index contributed by atoms with van der Waals surface area (Å²) in [6, 6.07) is 14.3. The fourth-order valence-electron chi connectivity index (χ4n) is 2.13. The lowest BCUT2D eigenvalue weighted by Crippen LogP contribution is -2.34. The van der Waals surface area contributed by atoms with Crippen molar-refractivity contribution in [2.75, 3.05) is 0 Å². The maximum absolute atomic E-state index is 12.8. The van der Waals surface area contributed by atoms with E-state index in [4.69, 9.17) is 0 Å². The zero-order chi connectivity index (χ0) is 18.0. The van der Waals surface area contributed by atoms with E-state index in [9.17, 15) is 8.42 Å². The molecule has 0 amide bonds. The number of hydrogen-bond donors (Lipinski definition) is 1. The second kappa shape index (κ2) is 7.07. The van der Waals surface area contributed by atoms with Gasteiger partial charge >= 0.3 is 0 Å². The van der Waals surface area contributed by atoms with Gasteiger partial charge < -0.3 is 0 Å². The summed E-state index contributed by atoms with van der Waals surface area (Å²) in [6.07, 6.45) is 0. The molecule has 24 heavy (non-hydrogen) atoms. The largest absolute Gasteiger partial charge is 0.263 e. The maximum Gasteiger partial charge on any atom is 0.263 e. The van der Waals surface area contributed by atoms with Crippen molar-refractivity contribution in [2.24, 2.45) is 4.99 Å². The van der Waals surface area contributed by atoms with Gasteiger partial charge in [0.25, 0.3) is 10.0 Å². The third-order valence-corrected chi connectivity index (χ3v) is 5.21. The Morgan fingerprint density at radius 1 is 1.04 bits per heavy atom. The minimum atomic E-state index is -3.71. The molecular weight excluding hydrogens is 388 g/mol. The number of halogens is 1. The van der Waals surface area contributed by atoms with Gasteiger partial charge in [-0.2, -0.15) is 0 Å². The highest BCUT2D eigenvalue weighted by atomic mass is 79.9. The fraction of sp³-hybridized carbons (Fsp3) is 0.278. The van der Waals surface area contributed by atoms with Crippen LogP contribution in [0.15, 0.2) is 62.9 Å². The summed E-state index contributed by atoms with van der Waals surface area (Å²) in [7, 11) is -3.71. The highest BCUT2D eigenvalue weighted by Gasteiger charge is 2.21. The van der Waals surface area contributed by atoms with Crippen molar-refractivity contribution in [3.8, 4) is 0 Å². The van der Waals surface area contributed by atoms with Crippen LogP contribution in [0.5, 0.6) is 0 Å². The number of aliphatic imine (C=N–C) groups is 1. The smallest absolute Gasteiger partial charge is 0.263 e. The highest BCUT2D eigenvalue weighted by molar-refractivity contribution is 9.10. The third kappa shape index (κ3) is 4.92. The van der Waals surface area contributed by atoms with Gasteiger partial charge in [0, 0.05) is 10.0 Å². The van der Waals surface area contributed by atoms with Gasteiger partial charge in [0.15, 0.2) is 0 Å². The molecule has 2 aromatic carbocycles. The molecule has 0 aliphatic carbocycles. The predicted molar refractivity (Wildman–Crippen MR) is 102 cm³/mol. The van der Waals surface area contributed by atoms with Gasteiger partial charge in [0.2, 0.25) is 0 Å². The summed E-state index contributed by atoms with van der Waals surface area (Å²) < 4.78 is 29.1. The van der Waals surface area contributed by atoms with Crippen molar-refractivity contribution in [1.82, 2.24) is 4.72 Å². The lowest BCUT2D eigenvalue weighted by Gasteiger charge is -2.18. The highest BCUT2D eigenvalue weighted by Crippen LogP contribution is 2.18. The van der Waals surface area contributed by atoms with Crippen molar-refractivity contribution in [2.45, 2.75) is 38.1 Å². The molecule has 0 saturated carbocycles. The Morgan fingerprint density at radius 2 is 1.62 bits per heavy atom. The van der Waals surface area contributed by atoms with Crippen molar-refractivity contribution < 1.29 is 8.42 Å². The minimum Gasteiger partial charge on any atom is -0.263 e. The number of nitrogens with zero attached hydrogens (tertiary/aromatic N) is 1. The van der Waals surface area contributed by atoms with Crippen molar-refractivity contribution >= 4 is 31.8 Å². The van der Waals surface area contributed by atoms with Gasteiger partial charge in [-0.3, -0.25) is 9.71 Å². The molecule has 2 rings (SSSR count). The van der Waals surface area contributed by atoms with E-state index in [1.807, 2.05) is 51.1 Å². The van der Waals surface area contributed by atoms with E-state index < -0.39 is 15.6 Å². The number of aryl methyl sites for hydroxylation is 1. The molecule has 6 heteroatoms. The van der Waals surface area contributed by atoms with Crippen LogP contribution in [0.1, 0.15) is 31.9 Å². The number of nitrogens with one attached hydrogen (secondary N) is 1. The summed E-state index contributed by atoms with van der Waals surface area (Å²) in [5.41, 5.74) is 0.984. The number of sulfonamides is 1. The summed E-state index contributed by atoms with van der Waals surface area (Å²) in [6.45, 7) is 7.55. The van der Waals surface area contributed by atoms with Crippen molar-refractivity contribution in [3.63, 3.8) is 0 Å². The zero-order valence-corrected chi connectivity index (χ0v) is 16.6. The molecule has 0 heterocycles. The molecule has 0 fully saturated rings. The molecule has 2 aromatic rings. The van der Waals surface area contributed by atoms with Crippen LogP contribution in [-0.4, -0.2) is 19.8 Å². The number of rotatable bonds is 3. The molecule has 4 nitrogen and oxygen atoms in total. The zero-order valence-electron chi connectivity index (χ0n) is 14.2. The number of amidine groups is 1. The molecule has 0 aromatic heterocycles. The molecule has 0 unspecified atom stereocenters. The Balaban J connectivity index is 2.48. The standard InChI is InChI=1S/C18H21BrN2O2S/c1-13-7-5-6-8-16(13)24(22,23)21-17(20-18(2,3)4)14-9-11-15(19)12-10-14/h5-12H,1-4H3,(H,20,21). The topological polar surface area (TPSA) is 58.5 Å². The van der Waals surface area contributed by atoms with E-state index in [-0.39, 0.29) is 4.90 Å². The predicted octanol–water partition coefficient (Wildman–Crippen LogP) is 4.28. The van der Waals surface area contributed by atoms with Gasteiger partial charge in [-0.25, -0.2) is 8.42 Å². The first-order valence-electron chi connectivity index (χ1n) is 7.53. The van der Waals surface area contributed by atoms with Gasteiger partial charge in [-0.15, -0.1) is 0 Å². The third-order valence-electron chi connectivity index (χ3n) is 3.18. The molecule has 0 radical (unpaired) electrons. The molecule has 0 aliphatic heterocycles. The second-order valence-electron chi connectivity index (χ2n) is 6.51.